The topological polar surface area (TPSA) is 18.5 Å². The smallest absolute Gasteiger partial charge is 0.177 e. The maximum Gasteiger partial charge on any atom is 0.177 e. The molecule has 0 aliphatic carbocycles. The lowest BCUT2D eigenvalue weighted by molar-refractivity contribution is -0.180. The maximum absolute atomic E-state index is 5.60. The third-order valence-electron chi connectivity index (χ3n) is 2.42. The second kappa shape index (κ2) is 5.10. The lowest BCUT2D eigenvalue weighted by Crippen LogP contribution is -2.28. The van der Waals surface area contributed by atoms with Crippen molar-refractivity contribution >= 4 is 6.08 Å². The van der Waals surface area contributed by atoms with Gasteiger partial charge < -0.3 is 9.47 Å². The van der Waals surface area contributed by atoms with Crippen LogP contribution in [0.15, 0.2) is 36.4 Å². The van der Waals surface area contributed by atoms with E-state index in [4.69, 9.17) is 9.47 Å². The SMILES string of the molecule is C[C@@H]1CCO[C@H](/C=C\c2ccccc2)O1. The molecule has 1 aromatic carbocycles. The number of hydrogen-bond acceptors (Lipinski definition) is 2. The molecular weight excluding hydrogens is 188 g/mol. The molecular formula is C13H16O2. The highest BCUT2D eigenvalue weighted by atomic mass is 16.7. The van der Waals surface area contributed by atoms with Crippen molar-refractivity contribution in [3.05, 3.63) is 42.0 Å². The Morgan fingerprint density at radius 1 is 1.27 bits per heavy atom. The average Bonchev–Trinajstić information content (AvgIpc) is 2.28. The summed E-state index contributed by atoms with van der Waals surface area (Å²) in [5.74, 6) is 0. The first kappa shape index (κ1) is 10.4. The lowest BCUT2D eigenvalue weighted by Gasteiger charge is -2.25. The van der Waals surface area contributed by atoms with E-state index in [1.54, 1.807) is 0 Å². The summed E-state index contributed by atoms with van der Waals surface area (Å²) in [6.45, 7) is 2.86. The third kappa shape index (κ3) is 3.18. The van der Waals surface area contributed by atoms with Crippen LogP contribution in [-0.2, 0) is 9.47 Å². The second-order valence-corrected chi connectivity index (χ2v) is 3.74. The zero-order valence-electron chi connectivity index (χ0n) is 8.93. The van der Waals surface area contributed by atoms with Gasteiger partial charge in [-0.05, 0) is 25.0 Å². The molecule has 2 heteroatoms. The summed E-state index contributed by atoms with van der Waals surface area (Å²) >= 11 is 0. The van der Waals surface area contributed by atoms with Crippen molar-refractivity contribution in [1.82, 2.24) is 0 Å². The Kier molecular flexibility index (Phi) is 3.54. The van der Waals surface area contributed by atoms with E-state index < -0.39 is 0 Å². The van der Waals surface area contributed by atoms with E-state index in [0.29, 0.717) is 6.10 Å². The van der Waals surface area contributed by atoms with Crippen LogP contribution in [0, 0.1) is 0 Å². The van der Waals surface area contributed by atoms with E-state index in [1.165, 1.54) is 5.56 Å². The molecule has 2 nitrogen and oxygen atoms in total. The molecule has 1 fully saturated rings. The summed E-state index contributed by atoms with van der Waals surface area (Å²) in [6.07, 6.45) is 5.08. The molecule has 2 rings (SSSR count). The Morgan fingerprint density at radius 3 is 2.80 bits per heavy atom. The van der Waals surface area contributed by atoms with Crippen LogP contribution in [0.2, 0.25) is 0 Å². The van der Waals surface area contributed by atoms with Gasteiger partial charge in [-0.2, -0.15) is 0 Å². The average molecular weight is 204 g/mol. The molecule has 0 N–H and O–H groups in total. The maximum atomic E-state index is 5.60. The van der Waals surface area contributed by atoms with Gasteiger partial charge in [0.25, 0.3) is 0 Å². The van der Waals surface area contributed by atoms with Crippen LogP contribution < -0.4 is 0 Å². The third-order valence-corrected chi connectivity index (χ3v) is 2.42. The molecule has 0 aromatic heterocycles. The Morgan fingerprint density at radius 2 is 2.07 bits per heavy atom. The minimum atomic E-state index is -0.186. The van der Waals surface area contributed by atoms with Crippen molar-refractivity contribution in [3.63, 3.8) is 0 Å². The minimum Gasteiger partial charge on any atom is -0.349 e. The summed E-state index contributed by atoms with van der Waals surface area (Å²) < 4.78 is 11.1. The molecule has 0 unspecified atom stereocenters. The first-order chi connectivity index (χ1) is 7.34. The molecule has 0 radical (unpaired) electrons. The van der Waals surface area contributed by atoms with Crippen LogP contribution >= 0.6 is 0 Å². The molecule has 1 aromatic rings. The van der Waals surface area contributed by atoms with Gasteiger partial charge in [-0.25, -0.2) is 0 Å². The van der Waals surface area contributed by atoms with Gasteiger partial charge in [-0.3, -0.25) is 0 Å². The molecule has 1 heterocycles. The van der Waals surface area contributed by atoms with Crippen LogP contribution in [0.25, 0.3) is 6.08 Å². The molecule has 0 bridgehead atoms. The summed E-state index contributed by atoms with van der Waals surface area (Å²) in [4.78, 5) is 0. The molecule has 1 aliphatic heterocycles. The Bertz CT molecular complexity index is 319. The summed E-state index contributed by atoms with van der Waals surface area (Å²) in [5.41, 5.74) is 1.17. The predicted molar refractivity (Wildman–Crippen MR) is 60.4 cm³/mol. The van der Waals surface area contributed by atoms with Crippen molar-refractivity contribution in [3.8, 4) is 0 Å². The zero-order chi connectivity index (χ0) is 10.5. The van der Waals surface area contributed by atoms with Gasteiger partial charge in [0.1, 0.15) is 0 Å². The fourth-order valence-electron chi connectivity index (χ4n) is 1.54. The van der Waals surface area contributed by atoms with Crippen molar-refractivity contribution in [2.24, 2.45) is 0 Å². The number of hydrogen-bond donors (Lipinski definition) is 0. The van der Waals surface area contributed by atoms with Gasteiger partial charge in [0, 0.05) is 0 Å². The summed E-state index contributed by atoms with van der Waals surface area (Å²) in [7, 11) is 0. The van der Waals surface area contributed by atoms with Crippen LogP contribution in [0.1, 0.15) is 18.9 Å². The van der Waals surface area contributed by atoms with Gasteiger partial charge in [-0.15, -0.1) is 0 Å². The molecule has 1 aliphatic rings. The van der Waals surface area contributed by atoms with E-state index in [2.05, 4.69) is 19.1 Å². The molecule has 80 valence electrons. The predicted octanol–water partition coefficient (Wildman–Crippen LogP) is 2.85. The van der Waals surface area contributed by atoms with Crippen LogP contribution in [0.5, 0.6) is 0 Å². The number of ether oxygens (including phenoxy) is 2. The van der Waals surface area contributed by atoms with Gasteiger partial charge >= 0.3 is 0 Å². The largest absolute Gasteiger partial charge is 0.349 e. The zero-order valence-corrected chi connectivity index (χ0v) is 8.93. The van der Waals surface area contributed by atoms with Gasteiger partial charge in [0.15, 0.2) is 6.29 Å². The van der Waals surface area contributed by atoms with E-state index >= 15 is 0 Å². The summed E-state index contributed by atoms with van der Waals surface area (Å²) in [5, 5.41) is 0. The Balaban J connectivity index is 1.93. The van der Waals surface area contributed by atoms with E-state index in [0.717, 1.165) is 13.0 Å². The van der Waals surface area contributed by atoms with Crippen molar-refractivity contribution in [2.45, 2.75) is 25.7 Å². The molecule has 0 spiro atoms. The van der Waals surface area contributed by atoms with Crippen molar-refractivity contribution in [2.75, 3.05) is 6.61 Å². The van der Waals surface area contributed by atoms with Crippen LogP contribution in [-0.4, -0.2) is 19.0 Å². The highest BCUT2D eigenvalue weighted by molar-refractivity contribution is 5.48. The van der Waals surface area contributed by atoms with Crippen molar-refractivity contribution in [1.29, 1.82) is 0 Å². The molecule has 2 atom stereocenters. The number of rotatable bonds is 2. The molecule has 0 saturated carbocycles. The fourth-order valence-corrected chi connectivity index (χ4v) is 1.54. The monoisotopic (exact) mass is 204 g/mol. The van der Waals surface area contributed by atoms with Gasteiger partial charge in [0.05, 0.1) is 12.7 Å². The molecule has 15 heavy (non-hydrogen) atoms. The minimum absolute atomic E-state index is 0.186. The fraction of sp³-hybridized carbons (Fsp3) is 0.385. The Hall–Kier alpha value is -1.12. The lowest BCUT2D eigenvalue weighted by atomic mass is 10.2. The van der Waals surface area contributed by atoms with Gasteiger partial charge in [-0.1, -0.05) is 36.4 Å². The first-order valence-corrected chi connectivity index (χ1v) is 5.35. The van der Waals surface area contributed by atoms with E-state index in [9.17, 15) is 0 Å². The second-order valence-electron chi connectivity index (χ2n) is 3.74. The Labute approximate surface area is 90.5 Å². The number of benzene rings is 1. The highest BCUT2D eigenvalue weighted by Gasteiger charge is 2.16. The standard InChI is InChI=1S/C13H16O2/c1-11-9-10-14-13(15-11)8-7-12-5-3-2-4-6-12/h2-8,11,13H,9-10H2,1H3/b8-7-/t11-,13+/m1/s1. The highest BCUT2D eigenvalue weighted by Crippen LogP contribution is 2.14. The molecule has 1 saturated heterocycles. The quantitative estimate of drug-likeness (QED) is 0.737. The molecule has 0 amide bonds. The van der Waals surface area contributed by atoms with E-state index in [-0.39, 0.29) is 6.29 Å². The van der Waals surface area contributed by atoms with Crippen molar-refractivity contribution < 1.29 is 9.47 Å². The van der Waals surface area contributed by atoms with Crippen LogP contribution in [0.4, 0.5) is 0 Å². The summed E-state index contributed by atoms with van der Waals surface area (Å²) in [6, 6.07) is 10.2. The first-order valence-electron chi connectivity index (χ1n) is 5.35. The van der Waals surface area contributed by atoms with Crippen LogP contribution in [0.3, 0.4) is 0 Å². The normalized spacial score (nSPS) is 27.0. The van der Waals surface area contributed by atoms with Gasteiger partial charge in [0.2, 0.25) is 0 Å². The van der Waals surface area contributed by atoms with E-state index in [1.807, 2.05) is 30.4 Å².